The second-order valence-corrected chi connectivity index (χ2v) is 11.8. The normalized spacial score (nSPS) is 13.9. The van der Waals surface area contributed by atoms with E-state index in [9.17, 15) is 14.3 Å². The molecule has 0 saturated heterocycles. The summed E-state index contributed by atoms with van der Waals surface area (Å²) in [5.41, 5.74) is 5.32. The molecule has 0 bridgehead atoms. The fourth-order valence-electron chi connectivity index (χ4n) is 4.23. The summed E-state index contributed by atoms with van der Waals surface area (Å²) >= 11 is 0. The van der Waals surface area contributed by atoms with Gasteiger partial charge in [-0.3, -0.25) is 13.8 Å². The van der Waals surface area contributed by atoms with Gasteiger partial charge in [0, 0.05) is 19.6 Å². The Kier molecular flexibility index (Phi) is 27.7. The van der Waals surface area contributed by atoms with Crippen LogP contribution in [0.5, 0.6) is 0 Å². The molecule has 0 aromatic rings. The third-order valence-corrected chi connectivity index (χ3v) is 7.51. The first kappa shape index (κ1) is 37.5. The van der Waals surface area contributed by atoms with Crippen LogP contribution in [0.1, 0.15) is 142 Å². The Morgan fingerprint density at radius 1 is 0.684 bits per heavy atom. The molecule has 2 atom stereocenters. The zero-order chi connectivity index (χ0) is 28.2. The maximum atomic E-state index is 12.3. The third-order valence-electron chi connectivity index (χ3n) is 6.52. The summed E-state index contributed by atoms with van der Waals surface area (Å²) in [7, 11) is -4.25. The fraction of sp³-hybridized carbons (Fsp3) is 0.966. The predicted molar refractivity (Wildman–Crippen MR) is 155 cm³/mol. The van der Waals surface area contributed by atoms with Gasteiger partial charge in [0.1, 0.15) is 6.10 Å². The molecule has 0 fully saturated rings. The van der Waals surface area contributed by atoms with E-state index in [2.05, 4.69) is 13.8 Å². The number of ether oxygens (including phenoxy) is 2. The van der Waals surface area contributed by atoms with Crippen molar-refractivity contribution in [3.63, 3.8) is 0 Å². The first-order valence-electron chi connectivity index (χ1n) is 15.5. The van der Waals surface area contributed by atoms with Gasteiger partial charge in [0.05, 0.1) is 19.8 Å². The average molecular weight is 566 g/mol. The van der Waals surface area contributed by atoms with Gasteiger partial charge in [-0.1, -0.05) is 123 Å². The zero-order valence-electron chi connectivity index (χ0n) is 24.7. The van der Waals surface area contributed by atoms with Gasteiger partial charge in [0.15, 0.2) is 0 Å². The first-order valence-corrected chi connectivity index (χ1v) is 17.0. The topological polar surface area (TPSA) is 117 Å². The Morgan fingerprint density at radius 3 is 1.66 bits per heavy atom. The highest BCUT2D eigenvalue weighted by atomic mass is 31.2. The molecule has 9 heteroatoms. The highest BCUT2D eigenvalue weighted by molar-refractivity contribution is 7.47. The van der Waals surface area contributed by atoms with Crippen LogP contribution in [-0.2, 0) is 27.9 Å². The lowest BCUT2D eigenvalue weighted by atomic mass is 10.1. The van der Waals surface area contributed by atoms with Crippen LogP contribution in [0.15, 0.2) is 0 Å². The quantitative estimate of drug-likeness (QED) is 0.0514. The van der Waals surface area contributed by atoms with Gasteiger partial charge >= 0.3 is 13.8 Å². The average Bonchev–Trinajstić information content (AvgIpc) is 2.90. The largest absolute Gasteiger partial charge is 0.472 e. The zero-order valence-corrected chi connectivity index (χ0v) is 25.6. The van der Waals surface area contributed by atoms with Crippen LogP contribution in [-0.4, -0.2) is 49.9 Å². The van der Waals surface area contributed by atoms with Crippen LogP contribution in [0.4, 0.5) is 0 Å². The smallest absolute Gasteiger partial charge is 0.457 e. The molecule has 0 aliphatic heterocycles. The molecular weight excluding hydrogens is 505 g/mol. The molecule has 0 rings (SSSR count). The minimum absolute atomic E-state index is 0.0912. The Hall–Kier alpha value is -0.500. The van der Waals surface area contributed by atoms with E-state index in [1.165, 1.54) is 89.9 Å². The van der Waals surface area contributed by atoms with Gasteiger partial charge in [-0.05, 0) is 12.8 Å². The molecule has 0 aliphatic carbocycles. The van der Waals surface area contributed by atoms with Crippen molar-refractivity contribution in [1.29, 1.82) is 0 Å². The van der Waals surface area contributed by atoms with E-state index in [1.807, 2.05) is 0 Å². The summed E-state index contributed by atoms with van der Waals surface area (Å²) in [6.07, 6.45) is 22.6. The predicted octanol–water partition coefficient (Wildman–Crippen LogP) is 7.85. The molecule has 38 heavy (non-hydrogen) atoms. The molecule has 0 aliphatic rings. The van der Waals surface area contributed by atoms with Crippen LogP contribution in [0.2, 0.25) is 0 Å². The van der Waals surface area contributed by atoms with Crippen molar-refractivity contribution in [2.45, 2.75) is 148 Å². The van der Waals surface area contributed by atoms with E-state index in [1.54, 1.807) is 0 Å². The number of rotatable bonds is 30. The minimum Gasteiger partial charge on any atom is -0.457 e. The Balaban J connectivity index is 4.15. The van der Waals surface area contributed by atoms with Crippen molar-refractivity contribution < 1.29 is 32.8 Å². The number of carbonyl (C=O) groups is 1. The SMILES string of the molecule is CCCCCCCCCCCCCOCC(COP(=O)(O)OCCN)OC(=O)CCCCCCCCCC. The van der Waals surface area contributed by atoms with E-state index >= 15 is 0 Å². The van der Waals surface area contributed by atoms with Crippen molar-refractivity contribution in [2.75, 3.05) is 33.0 Å². The van der Waals surface area contributed by atoms with Gasteiger partial charge in [-0.25, -0.2) is 4.57 Å². The highest BCUT2D eigenvalue weighted by Crippen LogP contribution is 2.43. The van der Waals surface area contributed by atoms with Crippen molar-refractivity contribution in [3.05, 3.63) is 0 Å². The summed E-state index contributed by atoms with van der Waals surface area (Å²) in [5, 5.41) is 0. The summed E-state index contributed by atoms with van der Waals surface area (Å²) in [5.74, 6) is -0.335. The van der Waals surface area contributed by atoms with Crippen molar-refractivity contribution in [2.24, 2.45) is 5.73 Å². The lowest BCUT2D eigenvalue weighted by Crippen LogP contribution is -2.28. The molecular formula is C29H60NO7P. The number of hydrogen-bond donors (Lipinski definition) is 2. The molecule has 0 radical (unpaired) electrons. The van der Waals surface area contributed by atoms with Crippen molar-refractivity contribution in [1.82, 2.24) is 0 Å². The van der Waals surface area contributed by atoms with E-state index in [0.717, 1.165) is 32.1 Å². The van der Waals surface area contributed by atoms with Gasteiger partial charge in [-0.2, -0.15) is 0 Å². The highest BCUT2D eigenvalue weighted by Gasteiger charge is 2.25. The number of phosphoric ester groups is 1. The molecule has 228 valence electrons. The van der Waals surface area contributed by atoms with Gasteiger partial charge < -0.3 is 20.1 Å². The lowest BCUT2D eigenvalue weighted by Gasteiger charge is -2.20. The van der Waals surface area contributed by atoms with Gasteiger partial charge in [-0.15, -0.1) is 0 Å². The van der Waals surface area contributed by atoms with Crippen LogP contribution in [0, 0.1) is 0 Å². The first-order chi connectivity index (χ1) is 18.4. The van der Waals surface area contributed by atoms with E-state index in [4.69, 9.17) is 24.3 Å². The Labute approximate surface area is 233 Å². The van der Waals surface area contributed by atoms with Crippen LogP contribution < -0.4 is 5.73 Å². The summed E-state index contributed by atoms with van der Waals surface area (Å²) in [6, 6.07) is 0. The monoisotopic (exact) mass is 565 g/mol. The fourth-order valence-corrected chi connectivity index (χ4v) is 5.00. The summed E-state index contributed by atoms with van der Waals surface area (Å²) in [6.45, 7) is 4.89. The standard InChI is InChI=1S/C29H60NO7P/c1-3-5-7-9-11-13-14-15-17-19-21-24-34-26-28(27-36-38(32,33)35-25-23-30)37-29(31)22-20-18-16-12-10-8-6-4-2/h28H,3-27,30H2,1-2H3,(H,32,33). The molecule has 0 saturated carbocycles. The molecule has 0 amide bonds. The number of hydrogen-bond acceptors (Lipinski definition) is 7. The van der Waals surface area contributed by atoms with E-state index in [0.29, 0.717) is 13.0 Å². The second-order valence-electron chi connectivity index (χ2n) is 10.3. The van der Waals surface area contributed by atoms with Crippen LogP contribution in [0.25, 0.3) is 0 Å². The molecule has 0 heterocycles. The third kappa shape index (κ3) is 27.1. The Morgan fingerprint density at radius 2 is 1.16 bits per heavy atom. The second kappa shape index (κ2) is 28.0. The number of carbonyl (C=O) groups excluding carboxylic acids is 1. The molecule has 0 aromatic heterocycles. The number of unbranched alkanes of at least 4 members (excludes halogenated alkanes) is 17. The molecule has 3 N–H and O–H groups in total. The molecule has 0 aromatic carbocycles. The van der Waals surface area contributed by atoms with Gasteiger partial charge in [0.25, 0.3) is 0 Å². The van der Waals surface area contributed by atoms with E-state index in [-0.39, 0.29) is 32.3 Å². The lowest BCUT2D eigenvalue weighted by molar-refractivity contribution is -0.154. The number of esters is 1. The molecule has 2 unspecified atom stereocenters. The number of phosphoric acid groups is 1. The molecule has 0 spiro atoms. The number of nitrogens with two attached hydrogens (primary N) is 1. The van der Waals surface area contributed by atoms with Gasteiger partial charge in [0.2, 0.25) is 0 Å². The van der Waals surface area contributed by atoms with Crippen molar-refractivity contribution >= 4 is 13.8 Å². The summed E-state index contributed by atoms with van der Waals surface area (Å²) < 4.78 is 33.0. The van der Waals surface area contributed by atoms with E-state index < -0.39 is 13.9 Å². The van der Waals surface area contributed by atoms with Crippen LogP contribution >= 0.6 is 7.82 Å². The maximum Gasteiger partial charge on any atom is 0.472 e. The van der Waals surface area contributed by atoms with Crippen molar-refractivity contribution in [3.8, 4) is 0 Å². The minimum atomic E-state index is -4.25. The summed E-state index contributed by atoms with van der Waals surface area (Å²) in [4.78, 5) is 22.1. The Bertz CT molecular complexity index is 565. The maximum absolute atomic E-state index is 12.3. The molecule has 8 nitrogen and oxygen atoms in total. The van der Waals surface area contributed by atoms with Crippen LogP contribution in [0.3, 0.4) is 0 Å².